The van der Waals surface area contributed by atoms with Crippen LogP contribution in [0.5, 0.6) is 0 Å². The van der Waals surface area contributed by atoms with E-state index < -0.39 is 22.4 Å². The molecule has 7 heteroatoms. The van der Waals surface area contributed by atoms with Crippen molar-refractivity contribution in [3.8, 4) is 0 Å². The maximum Gasteiger partial charge on any atom is 0.317 e. The van der Waals surface area contributed by atoms with Gasteiger partial charge in [-0.1, -0.05) is 13.0 Å². The van der Waals surface area contributed by atoms with Crippen molar-refractivity contribution in [2.75, 3.05) is 25.1 Å². The Morgan fingerprint density at radius 2 is 2.04 bits per heavy atom. The SMILES string of the molecule is CC(CNC(=O)N(C)C1CCS(=O)CC1)c1ccc(F)cc1F. The van der Waals surface area contributed by atoms with Gasteiger partial charge in [0.2, 0.25) is 0 Å². The summed E-state index contributed by atoms with van der Waals surface area (Å²) in [6.45, 7) is 2.05. The molecule has 1 unspecified atom stereocenters. The lowest BCUT2D eigenvalue weighted by Gasteiger charge is -2.31. The second-order valence-corrected chi connectivity index (χ2v) is 7.64. The van der Waals surface area contributed by atoms with E-state index in [0.29, 0.717) is 17.1 Å². The highest BCUT2D eigenvalue weighted by atomic mass is 32.2. The van der Waals surface area contributed by atoms with E-state index in [4.69, 9.17) is 0 Å². The number of hydrogen-bond donors (Lipinski definition) is 1. The van der Waals surface area contributed by atoms with Gasteiger partial charge in [0, 0.05) is 53.9 Å². The van der Waals surface area contributed by atoms with Crippen LogP contribution in [0.15, 0.2) is 18.2 Å². The minimum Gasteiger partial charge on any atom is -0.337 e. The third-order valence-electron chi connectivity index (χ3n) is 4.28. The van der Waals surface area contributed by atoms with Crippen molar-refractivity contribution in [2.24, 2.45) is 0 Å². The third-order valence-corrected chi connectivity index (χ3v) is 5.66. The van der Waals surface area contributed by atoms with Gasteiger partial charge in [-0.05, 0) is 24.5 Å². The Balaban J connectivity index is 1.86. The van der Waals surface area contributed by atoms with Crippen LogP contribution in [0.3, 0.4) is 0 Å². The van der Waals surface area contributed by atoms with Crippen LogP contribution in [0.1, 0.15) is 31.2 Å². The monoisotopic (exact) mass is 344 g/mol. The van der Waals surface area contributed by atoms with Crippen LogP contribution < -0.4 is 5.32 Å². The van der Waals surface area contributed by atoms with Crippen LogP contribution in [0, 0.1) is 11.6 Å². The molecule has 2 amide bonds. The van der Waals surface area contributed by atoms with E-state index in [-0.39, 0.29) is 24.5 Å². The summed E-state index contributed by atoms with van der Waals surface area (Å²) >= 11 is 0. The fourth-order valence-corrected chi connectivity index (χ4v) is 3.98. The van der Waals surface area contributed by atoms with Crippen molar-refractivity contribution in [3.63, 3.8) is 0 Å². The molecule has 1 saturated heterocycles. The number of carbonyl (C=O) groups excluding carboxylic acids is 1. The zero-order chi connectivity index (χ0) is 17.0. The number of nitrogens with one attached hydrogen (secondary N) is 1. The van der Waals surface area contributed by atoms with Crippen molar-refractivity contribution in [1.82, 2.24) is 10.2 Å². The van der Waals surface area contributed by atoms with Gasteiger partial charge in [-0.15, -0.1) is 0 Å². The summed E-state index contributed by atoms with van der Waals surface area (Å²) in [6.07, 6.45) is 1.47. The van der Waals surface area contributed by atoms with Gasteiger partial charge >= 0.3 is 6.03 Å². The molecule has 1 aromatic rings. The molecule has 0 radical (unpaired) electrons. The molecule has 128 valence electrons. The fourth-order valence-electron chi connectivity index (χ4n) is 2.71. The predicted molar refractivity (Wildman–Crippen MR) is 86.8 cm³/mol. The maximum absolute atomic E-state index is 13.7. The highest BCUT2D eigenvalue weighted by Crippen LogP contribution is 2.19. The van der Waals surface area contributed by atoms with Crippen LogP contribution in [0.25, 0.3) is 0 Å². The average Bonchev–Trinajstić information content (AvgIpc) is 2.52. The number of carbonyl (C=O) groups is 1. The van der Waals surface area contributed by atoms with Crippen LogP contribution in [-0.4, -0.2) is 46.3 Å². The van der Waals surface area contributed by atoms with Gasteiger partial charge in [-0.3, -0.25) is 4.21 Å². The summed E-state index contributed by atoms with van der Waals surface area (Å²) in [4.78, 5) is 13.8. The molecule has 4 nitrogen and oxygen atoms in total. The second kappa shape index (κ2) is 7.86. The van der Waals surface area contributed by atoms with Crippen molar-refractivity contribution in [3.05, 3.63) is 35.4 Å². The van der Waals surface area contributed by atoms with E-state index in [9.17, 15) is 17.8 Å². The third kappa shape index (κ3) is 4.73. The Morgan fingerprint density at radius 1 is 1.39 bits per heavy atom. The van der Waals surface area contributed by atoms with E-state index in [1.165, 1.54) is 12.1 Å². The number of amides is 2. The number of halogens is 2. The van der Waals surface area contributed by atoms with E-state index in [1.54, 1.807) is 18.9 Å². The average molecular weight is 344 g/mol. The first kappa shape index (κ1) is 17.8. The Bertz CT molecular complexity index is 587. The Kier molecular flexibility index (Phi) is 6.10. The molecule has 0 saturated carbocycles. The highest BCUT2D eigenvalue weighted by Gasteiger charge is 2.25. The van der Waals surface area contributed by atoms with E-state index >= 15 is 0 Å². The number of benzene rings is 1. The Labute approximate surface area is 137 Å². The summed E-state index contributed by atoms with van der Waals surface area (Å²) in [6, 6.07) is 3.33. The van der Waals surface area contributed by atoms with Gasteiger partial charge in [-0.25, -0.2) is 13.6 Å². The van der Waals surface area contributed by atoms with Crippen LogP contribution in [0.2, 0.25) is 0 Å². The predicted octanol–water partition coefficient (Wildman–Crippen LogP) is 2.62. The lowest BCUT2D eigenvalue weighted by molar-refractivity contribution is 0.185. The second-order valence-electron chi connectivity index (χ2n) is 5.94. The number of urea groups is 1. The number of nitrogens with zero attached hydrogens (tertiary/aromatic N) is 1. The van der Waals surface area contributed by atoms with Gasteiger partial charge in [0.15, 0.2) is 0 Å². The van der Waals surface area contributed by atoms with Gasteiger partial charge in [0.25, 0.3) is 0 Å². The first-order valence-corrected chi connectivity index (χ1v) is 9.18. The summed E-state index contributed by atoms with van der Waals surface area (Å²) in [5, 5.41) is 2.78. The topological polar surface area (TPSA) is 49.4 Å². The molecule has 0 aliphatic carbocycles. The Hall–Kier alpha value is -1.50. The standard InChI is InChI=1S/C16H22F2N2O2S/c1-11(14-4-3-12(17)9-15(14)18)10-19-16(21)20(2)13-5-7-23(22)8-6-13/h3-4,9,11,13H,5-8,10H2,1-2H3,(H,19,21). The number of rotatable bonds is 4. The van der Waals surface area contributed by atoms with Gasteiger partial charge in [0.1, 0.15) is 11.6 Å². The summed E-state index contributed by atoms with van der Waals surface area (Å²) < 4.78 is 38.0. The molecule has 0 aromatic heterocycles. The Morgan fingerprint density at radius 3 is 2.65 bits per heavy atom. The lowest BCUT2D eigenvalue weighted by Crippen LogP contribution is -2.46. The first-order chi connectivity index (χ1) is 10.9. The first-order valence-electron chi connectivity index (χ1n) is 7.69. The molecule has 23 heavy (non-hydrogen) atoms. The zero-order valence-electron chi connectivity index (χ0n) is 13.4. The molecular weight excluding hydrogens is 322 g/mol. The van der Waals surface area contributed by atoms with Crippen molar-refractivity contribution in [2.45, 2.75) is 31.7 Å². The maximum atomic E-state index is 13.7. The van der Waals surface area contributed by atoms with Crippen LogP contribution >= 0.6 is 0 Å². The van der Waals surface area contributed by atoms with Gasteiger partial charge in [0.05, 0.1) is 0 Å². The van der Waals surface area contributed by atoms with Crippen molar-refractivity contribution >= 4 is 16.8 Å². The molecule has 1 N–H and O–H groups in total. The van der Waals surface area contributed by atoms with E-state index in [1.807, 2.05) is 0 Å². The van der Waals surface area contributed by atoms with Gasteiger partial charge in [-0.2, -0.15) is 0 Å². The van der Waals surface area contributed by atoms with Crippen molar-refractivity contribution in [1.29, 1.82) is 0 Å². The molecule has 2 rings (SSSR count). The number of hydrogen-bond acceptors (Lipinski definition) is 2. The molecule has 1 aliphatic heterocycles. The van der Waals surface area contributed by atoms with Crippen LogP contribution in [0.4, 0.5) is 13.6 Å². The molecule has 1 aromatic carbocycles. The molecule has 0 spiro atoms. The van der Waals surface area contributed by atoms with Crippen molar-refractivity contribution < 1.29 is 17.8 Å². The largest absolute Gasteiger partial charge is 0.337 e. The van der Waals surface area contributed by atoms with Crippen LogP contribution in [-0.2, 0) is 10.8 Å². The molecule has 1 heterocycles. The lowest BCUT2D eigenvalue weighted by atomic mass is 10.0. The quantitative estimate of drug-likeness (QED) is 0.913. The molecule has 0 bridgehead atoms. The summed E-state index contributed by atoms with van der Waals surface area (Å²) in [5.41, 5.74) is 0.377. The normalized spacial score (nSPS) is 22.4. The summed E-state index contributed by atoms with van der Waals surface area (Å²) in [5.74, 6) is -0.225. The minimum atomic E-state index is -0.762. The smallest absolute Gasteiger partial charge is 0.317 e. The minimum absolute atomic E-state index is 0.0885. The summed E-state index contributed by atoms with van der Waals surface area (Å²) in [7, 11) is 0.958. The van der Waals surface area contributed by atoms with E-state index in [2.05, 4.69) is 5.32 Å². The molecule has 1 fully saturated rings. The molecule has 1 atom stereocenters. The highest BCUT2D eigenvalue weighted by molar-refractivity contribution is 7.85. The fraction of sp³-hybridized carbons (Fsp3) is 0.562. The van der Waals surface area contributed by atoms with E-state index in [0.717, 1.165) is 18.9 Å². The zero-order valence-corrected chi connectivity index (χ0v) is 14.2. The molecular formula is C16H22F2N2O2S. The van der Waals surface area contributed by atoms with Gasteiger partial charge < -0.3 is 10.2 Å². The molecule has 1 aliphatic rings.